The Hall–Kier alpha value is -1.81. The van der Waals surface area contributed by atoms with Crippen molar-refractivity contribution in [1.29, 1.82) is 0 Å². The molecular formula is C11H12N2O2. The topological polar surface area (TPSA) is 68.2 Å². The summed E-state index contributed by atoms with van der Waals surface area (Å²) in [6.07, 6.45) is 1.87. The summed E-state index contributed by atoms with van der Waals surface area (Å²) >= 11 is 0. The molecule has 15 heavy (non-hydrogen) atoms. The molecule has 0 saturated heterocycles. The van der Waals surface area contributed by atoms with Crippen molar-refractivity contribution in [2.45, 2.75) is 6.54 Å². The molecular weight excluding hydrogens is 192 g/mol. The third-order valence-electron chi connectivity index (χ3n) is 2.39. The maximum atomic E-state index is 11.0. The molecule has 0 radical (unpaired) electrons. The molecule has 0 atom stereocenters. The van der Waals surface area contributed by atoms with E-state index in [9.17, 15) is 4.79 Å². The lowest BCUT2D eigenvalue weighted by Crippen LogP contribution is -2.10. The Labute approximate surface area is 86.9 Å². The number of fused-ring (bicyclic) bond motifs is 1. The van der Waals surface area contributed by atoms with E-state index in [1.54, 1.807) is 12.1 Å². The second kappa shape index (κ2) is 3.74. The van der Waals surface area contributed by atoms with Crippen LogP contribution in [0.3, 0.4) is 0 Å². The Balaban J connectivity index is 2.69. The van der Waals surface area contributed by atoms with Crippen LogP contribution in [0.5, 0.6) is 0 Å². The molecule has 3 N–H and O–H groups in total. The summed E-state index contributed by atoms with van der Waals surface area (Å²) < 4.78 is 1.87. The largest absolute Gasteiger partial charge is 0.478 e. The molecule has 0 fully saturated rings. The van der Waals surface area contributed by atoms with Crippen LogP contribution in [0.25, 0.3) is 10.9 Å². The fraction of sp³-hybridized carbons (Fsp3) is 0.182. The van der Waals surface area contributed by atoms with E-state index in [0.29, 0.717) is 18.7 Å². The zero-order chi connectivity index (χ0) is 10.8. The SMILES string of the molecule is NCCn1ccc2cccc(C(=O)O)c21. The Morgan fingerprint density at radius 2 is 2.20 bits per heavy atom. The van der Waals surface area contributed by atoms with Crippen LogP contribution >= 0.6 is 0 Å². The van der Waals surface area contributed by atoms with Crippen molar-refractivity contribution in [3.8, 4) is 0 Å². The van der Waals surface area contributed by atoms with Crippen molar-refractivity contribution < 1.29 is 9.90 Å². The van der Waals surface area contributed by atoms with Crippen LogP contribution in [0.15, 0.2) is 30.5 Å². The third-order valence-corrected chi connectivity index (χ3v) is 2.39. The number of hydrogen-bond donors (Lipinski definition) is 2. The maximum absolute atomic E-state index is 11.0. The summed E-state index contributed by atoms with van der Waals surface area (Å²) in [5.74, 6) is -0.905. The standard InChI is InChI=1S/C11H12N2O2/c12-5-7-13-6-4-8-2-1-3-9(10(8)13)11(14)15/h1-4,6H,5,7,12H2,(H,14,15). The molecule has 0 bridgehead atoms. The van der Waals surface area contributed by atoms with Crippen LogP contribution in [-0.2, 0) is 6.54 Å². The van der Waals surface area contributed by atoms with Gasteiger partial charge in [-0.3, -0.25) is 0 Å². The Morgan fingerprint density at radius 1 is 1.40 bits per heavy atom. The van der Waals surface area contributed by atoms with Crippen molar-refractivity contribution >= 4 is 16.9 Å². The number of carbonyl (C=O) groups is 1. The smallest absolute Gasteiger partial charge is 0.337 e. The van der Waals surface area contributed by atoms with E-state index >= 15 is 0 Å². The van der Waals surface area contributed by atoms with E-state index in [-0.39, 0.29) is 0 Å². The van der Waals surface area contributed by atoms with Crippen LogP contribution in [0.2, 0.25) is 0 Å². The number of aromatic carboxylic acids is 1. The van der Waals surface area contributed by atoms with Crippen molar-refractivity contribution in [3.05, 3.63) is 36.0 Å². The average molecular weight is 204 g/mol. The number of nitrogens with zero attached hydrogens (tertiary/aromatic N) is 1. The highest BCUT2D eigenvalue weighted by atomic mass is 16.4. The Bertz CT molecular complexity index is 502. The molecule has 0 amide bonds. The second-order valence-corrected chi connectivity index (χ2v) is 3.35. The summed E-state index contributed by atoms with van der Waals surface area (Å²) in [6.45, 7) is 1.13. The van der Waals surface area contributed by atoms with Crippen molar-refractivity contribution in [1.82, 2.24) is 4.57 Å². The number of para-hydroxylation sites is 1. The van der Waals surface area contributed by atoms with Crippen molar-refractivity contribution in [3.63, 3.8) is 0 Å². The number of hydrogen-bond acceptors (Lipinski definition) is 2. The van der Waals surface area contributed by atoms with E-state index < -0.39 is 5.97 Å². The number of nitrogens with two attached hydrogens (primary N) is 1. The molecule has 0 saturated carbocycles. The lowest BCUT2D eigenvalue weighted by atomic mass is 10.1. The first kappa shape index (κ1) is 9.73. The molecule has 0 aliphatic carbocycles. The Kier molecular flexibility index (Phi) is 2.43. The highest BCUT2D eigenvalue weighted by Gasteiger charge is 2.11. The zero-order valence-electron chi connectivity index (χ0n) is 8.18. The van der Waals surface area contributed by atoms with Gasteiger partial charge in [0.05, 0.1) is 11.1 Å². The van der Waals surface area contributed by atoms with Gasteiger partial charge in [-0.25, -0.2) is 4.79 Å². The molecule has 4 nitrogen and oxygen atoms in total. The van der Waals surface area contributed by atoms with Gasteiger partial charge in [0.1, 0.15) is 0 Å². The first-order chi connectivity index (χ1) is 7.24. The molecule has 1 aromatic carbocycles. The van der Waals surface area contributed by atoms with Crippen molar-refractivity contribution in [2.75, 3.05) is 6.54 Å². The normalized spacial score (nSPS) is 10.7. The first-order valence-electron chi connectivity index (χ1n) is 4.75. The third kappa shape index (κ3) is 1.59. The molecule has 0 aliphatic rings. The van der Waals surface area contributed by atoms with Crippen LogP contribution in [0.4, 0.5) is 0 Å². The van der Waals surface area contributed by atoms with Gasteiger partial charge in [0.2, 0.25) is 0 Å². The first-order valence-corrected chi connectivity index (χ1v) is 4.75. The molecule has 0 unspecified atom stereocenters. The van der Waals surface area contributed by atoms with Gasteiger partial charge in [0.15, 0.2) is 0 Å². The average Bonchev–Trinajstić information content (AvgIpc) is 2.62. The molecule has 2 aromatic rings. The highest BCUT2D eigenvalue weighted by Crippen LogP contribution is 2.20. The summed E-state index contributed by atoms with van der Waals surface area (Å²) in [5, 5.41) is 9.98. The molecule has 0 spiro atoms. The van der Waals surface area contributed by atoms with Crippen LogP contribution in [0.1, 0.15) is 10.4 Å². The lowest BCUT2D eigenvalue weighted by Gasteiger charge is -2.05. The van der Waals surface area contributed by atoms with Gasteiger partial charge in [-0.1, -0.05) is 12.1 Å². The van der Waals surface area contributed by atoms with Crippen LogP contribution in [-0.4, -0.2) is 22.2 Å². The van der Waals surface area contributed by atoms with Gasteiger partial charge in [0, 0.05) is 24.7 Å². The van der Waals surface area contributed by atoms with Gasteiger partial charge in [-0.15, -0.1) is 0 Å². The second-order valence-electron chi connectivity index (χ2n) is 3.35. The number of carboxylic acid groups (broad SMARTS) is 1. The lowest BCUT2D eigenvalue weighted by molar-refractivity contribution is 0.0698. The van der Waals surface area contributed by atoms with E-state index in [1.165, 1.54) is 0 Å². The molecule has 78 valence electrons. The minimum Gasteiger partial charge on any atom is -0.478 e. The number of rotatable bonds is 3. The summed E-state index contributed by atoms with van der Waals surface area (Å²) in [5.41, 5.74) is 6.54. The van der Waals surface area contributed by atoms with Crippen LogP contribution in [0, 0.1) is 0 Å². The predicted molar refractivity (Wildman–Crippen MR) is 58.0 cm³/mol. The van der Waals surface area contributed by atoms with Crippen molar-refractivity contribution in [2.24, 2.45) is 5.73 Å². The maximum Gasteiger partial charge on any atom is 0.337 e. The molecule has 0 aliphatic heterocycles. The van der Waals surface area contributed by atoms with E-state index in [2.05, 4.69) is 0 Å². The monoisotopic (exact) mass is 204 g/mol. The highest BCUT2D eigenvalue weighted by molar-refractivity contribution is 6.02. The van der Waals surface area contributed by atoms with Gasteiger partial charge >= 0.3 is 5.97 Å². The van der Waals surface area contributed by atoms with Gasteiger partial charge in [-0.2, -0.15) is 0 Å². The van der Waals surface area contributed by atoms with Crippen LogP contribution < -0.4 is 5.73 Å². The number of carboxylic acids is 1. The fourth-order valence-electron chi connectivity index (χ4n) is 1.76. The van der Waals surface area contributed by atoms with E-state index in [1.807, 2.05) is 22.9 Å². The predicted octanol–water partition coefficient (Wildman–Crippen LogP) is 1.30. The minimum atomic E-state index is -0.905. The quantitative estimate of drug-likeness (QED) is 0.791. The Morgan fingerprint density at radius 3 is 2.87 bits per heavy atom. The summed E-state index contributed by atoms with van der Waals surface area (Å²) in [7, 11) is 0. The van der Waals surface area contributed by atoms with Gasteiger partial charge in [0.25, 0.3) is 0 Å². The fourth-order valence-corrected chi connectivity index (χ4v) is 1.76. The molecule has 1 heterocycles. The molecule has 1 aromatic heterocycles. The molecule has 2 rings (SSSR count). The minimum absolute atomic E-state index is 0.325. The van der Waals surface area contributed by atoms with Gasteiger partial charge < -0.3 is 15.4 Å². The number of benzene rings is 1. The number of aromatic nitrogens is 1. The zero-order valence-corrected chi connectivity index (χ0v) is 8.18. The van der Waals surface area contributed by atoms with E-state index in [0.717, 1.165) is 10.9 Å². The van der Waals surface area contributed by atoms with E-state index in [4.69, 9.17) is 10.8 Å². The summed E-state index contributed by atoms with van der Waals surface area (Å²) in [6, 6.07) is 7.16. The molecule has 4 heteroatoms. The van der Waals surface area contributed by atoms with Gasteiger partial charge in [-0.05, 0) is 12.1 Å². The summed E-state index contributed by atoms with van der Waals surface area (Å²) in [4.78, 5) is 11.0.